The summed E-state index contributed by atoms with van der Waals surface area (Å²) in [6.45, 7) is 15.3. The van der Waals surface area contributed by atoms with Crippen molar-refractivity contribution in [1.82, 2.24) is 36.3 Å². The van der Waals surface area contributed by atoms with Crippen LogP contribution >= 0.6 is 0 Å². The molecular weight excluding hydrogens is 917 g/mol. The molecule has 20 heteroatoms. The van der Waals surface area contributed by atoms with E-state index in [2.05, 4.69) is 72.3 Å². The molecule has 0 spiro atoms. The van der Waals surface area contributed by atoms with Crippen molar-refractivity contribution in [2.45, 2.75) is 207 Å². The van der Waals surface area contributed by atoms with E-state index in [0.29, 0.717) is 17.0 Å². The zero-order chi connectivity index (χ0) is 51.9. The summed E-state index contributed by atoms with van der Waals surface area (Å²) < 4.78 is 18.3. The summed E-state index contributed by atoms with van der Waals surface area (Å²) in [6.07, 6.45) is 9.34. The highest BCUT2D eigenvalue weighted by Crippen LogP contribution is 2.67. The molecule has 0 unspecified atom stereocenters. The molecule has 16 atom stereocenters. The number of nitrogens with two attached hydrogens (primary N) is 1. The molecule has 20 nitrogen and oxygen atoms in total. The number of aliphatic hydroxyl groups excluding tert-OH is 3. The van der Waals surface area contributed by atoms with Crippen LogP contribution in [0.2, 0.25) is 0 Å². The van der Waals surface area contributed by atoms with Crippen LogP contribution in [-0.2, 0) is 56.1 Å². The van der Waals surface area contributed by atoms with Crippen LogP contribution in [-0.4, -0.2) is 127 Å². The van der Waals surface area contributed by atoms with Crippen LogP contribution in [0.25, 0.3) is 0 Å². The summed E-state index contributed by atoms with van der Waals surface area (Å²) in [5.74, 6) is 0.577. The number of fused-ring (bicyclic) bond motifs is 5. The van der Waals surface area contributed by atoms with Crippen molar-refractivity contribution in [2.75, 3.05) is 6.61 Å². The number of carbonyl (C=O) groups excluding carboxylic acids is 6. The van der Waals surface area contributed by atoms with Gasteiger partial charge in [0.05, 0.1) is 19.3 Å². The minimum absolute atomic E-state index is 0.0175. The van der Waals surface area contributed by atoms with Gasteiger partial charge in [-0.1, -0.05) is 70.7 Å². The third kappa shape index (κ3) is 13.4. The average Bonchev–Trinajstić information content (AvgIpc) is 3.91. The van der Waals surface area contributed by atoms with Crippen molar-refractivity contribution in [1.29, 1.82) is 0 Å². The number of hydrogen-bond acceptors (Lipinski definition) is 14. The molecule has 3 saturated carbocycles. The Balaban J connectivity index is 0.908. The molecule has 0 bridgehead atoms. The standard InChI is InChI=1S/C51H82N8O12/c1-27(2)10-9-11-28(3)36-14-15-37-35-13-12-32-22-34(18-20-50(32,7)38(35)19-21-51(36,37)8)70-42(63)25-59-24-33(57-58-59)23-53-41(62)17-16-39(46(52)65)56-47(66)29(4)54-48(67)30(5)69-45-43(55-31(6)61)49(68)71-40(26-60)44(45)64/h12,24,27-30,34-40,43-45,49,60,64,68H,9-11,13-23,25-26H2,1-8H3,(H2,52,65)(H,53,62)(H,54,67)(H,55,61)(H,56,66)/t28-,29+,30-,34+,35+,36-,37+,38+,39-,40-,43-,44-,45-,49+,50+,51-/m1/s1. The molecule has 4 aliphatic carbocycles. The van der Waals surface area contributed by atoms with Gasteiger partial charge in [0.1, 0.15) is 60.9 Å². The first-order valence-electron chi connectivity index (χ1n) is 26.0. The molecular formula is C51H82N8O12. The van der Waals surface area contributed by atoms with E-state index < -0.39 is 90.9 Å². The maximum absolute atomic E-state index is 13.2. The zero-order valence-electron chi connectivity index (χ0n) is 43.1. The molecule has 1 aromatic rings. The molecule has 2 heterocycles. The summed E-state index contributed by atoms with van der Waals surface area (Å²) in [4.78, 5) is 76.0. The fraction of sp³-hybridized carbons (Fsp3) is 0.804. The number of aromatic nitrogens is 3. The van der Waals surface area contributed by atoms with Crippen molar-refractivity contribution < 1.29 is 58.3 Å². The smallest absolute Gasteiger partial charge is 0.328 e. The molecule has 1 aromatic heterocycles. The van der Waals surface area contributed by atoms with Gasteiger partial charge < -0.3 is 56.5 Å². The first-order chi connectivity index (χ1) is 33.5. The van der Waals surface area contributed by atoms with E-state index in [4.69, 9.17) is 19.9 Å². The lowest BCUT2D eigenvalue weighted by Gasteiger charge is -2.58. The Morgan fingerprint density at radius 3 is 2.39 bits per heavy atom. The highest BCUT2D eigenvalue weighted by Gasteiger charge is 2.59. The second kappa shape index (κ2) is 24.0. The van der Waals surface area contributed by atoms with Gasteiger partial charge in [-0.15, -0.1) is 5.10 Å². The van der Waals surface area contributed by atoms with Crippen LogP contribution in [0.4, 0.5) is 0 Å². The third-order valence-corrected chi connectivity index (χ3v) is 16.9. The number of hydrogen-bond donors (Lipinski definition) is 8. The van der Waals surface area contributed by atoms with Gasteiger partial charge in [0.2, 0.25) is 29.5 Å². The summed E-state index contributed by atoms with van der Waals surface area (Å²) in [5.41, 5.74) is 7.96. The molecule has 5 aliphatic rings. The van der Waals surface area contributed by atoms with Gasteiger partial charge >= 0.3 is 5.97 Å². The van der Waals surface area contributed by atoms with E-state index in [1.807, 2.05) is 0 Å². The van der Waals surface area contributed by atoms with Gasteiger partial charge in [-0.2, -0.15) is 0 Å². The Morgan fingerprint density at radius 1 is 0.958 bits per heavy atom. The number of primary amides is 1. The Morgan fingerprint density at radius 2 is 1.70 bits per heavy atom. The second-order valence-electron chi connectivity index (χ2n) is 22.3. The molecule has 5 amide bonds. The predicted molar refractivity (Wildman–Crippen MR) is 259 cm³/mol. The molecule has 1 saturated heterocycles. The van der Waals surface area contributed by atoms with E-state index in [0.717, 1.165) is 55.3 Å². The Bertz CT molecular complexity index is 2080. The van der Waals surface area contributed by atoms with E-state index >= 15 is 0 Å². The topological polar surface area (TPSA) is 296 Å². The SMILES string of the molecule is CC(=O)N[C@@H]1[C@@H](O[C@H](C)C(=O)N[C@@H](C)C(=O)N[C@H](CCC(=O)NCc2cn(CC(=O)O[C@H]3CC[C@@]4(C)C(=CC[C@H]5[C@@H]6CC[C@H]([C@H](C)CCCC(C)C)[C@@]6(C)CC[C@@H]54)C3)nn2)C(N)=O)[C@H](O)[C@@H](CO)O[C@@H]1O. The van der Waals surface area contributed by atoms with Gasteiger partial charge in [0.25, 0.3) is 0 Å². The molecule has 4 fully saturated rings. The van der Waals surface area contributed by atoms with Crippen LogP contribution in [0.3, 0.4) is 0 Å². The number of amides is 5. The Hall–Kier alpha value is -4.50. The average molecular weight is 999 g/mol. The van der Waals surface area contributed by atoms with E-state index in [9.17, 15) is 44.1 Å². The first kappa shape index (κ1) is 55.8. The van der Waals surface area contributed by atoms with E-state index in [1.54, 1.807) is 6.20 Å². The monoisotopic (exact) mass is 999 g/mol. The minimum Gasteiger partial charge on any atom is -0.461 e. The number of ether oxygens (including phenoxy) is 3. The first-order valence-corrected chi connectivity index (χ1v) is 26.0. The van der Waals surface area contributed by atoms with E-state index in [-0.39, 0.29) is 37.5 Å². The third-order valence-electron chi connectivity index (χ3n) is 16.9. The van der Waals surface area contributed by atoms with Gasteiger partial charge in [-0.05, 0) is 112 Å². The Labute approximate surface area is 418 Å². The van der Waals surface area contributed by atoms with E-state index in [1.165, 1.54) is 76.0 Å². The number of esters is 1. The Kier molecular flexibility index (Phi) is 18.9. The van der Waals surface area contributed by atoms with Crippen LogP contribution in [0.15, 0.2) is 17.8 Å². The lowest BCUT2D eigenvalue weighted by Crippen LogP contribution is -2.65. The fourth-order valence-electron chi connectivity index (χ4n) is 13.1. The number of allylic oxidation sites excluding steroid dienone is 1. The van der Waals surface area contributed by atoms with Crippen LogP contribution in [0, 0.1) is 46.3 Å². The second-order valence-corrected chi connectivity index (χ2v) is 22.3. The number of rotatable bonds is 22. The summed E-state index contributed by atoms with van der Waals surface area (Å²) in [7, 11) is 0. The van der Waals surface area contributed by atoms with Crippen molar-refractivity contribution >= 4 is 35.5 Å². The highest BCUT2D eigenvalue weighted by molar-refractivity contribution is 5.92. The maximum atomic E-state index is 13.2. The van der Waals surface area contributed by atoms with Crippen molar-refractivity contribution in [3.8, 4) is 0 Å². The number of carbonyl (C=O) groups is 6. The number of nitrogens with zero attached hydrogens (tertiary/aromatic N) is 3. The number of nitrogens with one attached hydrogen (secondary N) is 4. The van der Waals surface area contributed by atoms with Gasteiger partial charge in [-0.25, -0.2) is 4.68 Å². The van der Waals surface area contributed by atoms with Gasteiger partial charge in [0, 0.05) is 19.8 Å². The van der Waals surface area contributed by atoms with Gasteiger partial charge in [0.15, 0.2) is 6.29 Å². The molecule has 1 aliphatic heterocycles. The zero-order valence-corrected chi connectivity index (χ0v) is 43.1. The number of aliphatic hydroxyl groups is 3. The quantitative estimate of drug-likeness (QED) is 0.0612. The fourth-order valence-corrected chi connectivity index (χ4v) is 13.1. The van der Waals surface area contributed by atoms with Gasteiger partial charge in [-0.3, -0.25) is 28.8 Å². The summed E-state index contributed by atoms with van der Waals surface area (Å²) >= 11 is 0. The van der Waals surface area contributed by atoms with Crippen LogP contribution in [0.1, 0.15) is 145 Å². The van der Waals surface area contributed by atoms with Crippen LogP contribution < -0.4 is 27.0 Å². The van der Waals surface area contributed by atoms with Crippen molar-refractivity contribution in [2.24, 2.45) is 52.1 Å². The lowest BCUT2D eigenvalue weighted by molar-refractivity contribution is -0.266. The largest absolute Gasteiger partial charge is 0.461 e. The van der Waals surface area contributed by atoms with Crippen LogP contribution in [0.5, 0.6) is 0 Å². The molecule has 71 heavy (non-hydrogen) atoms. The highest BCUT2D eigenvalue weighted by atomic mass is 16.6. The summed E-state index contributed by atoms with van der Waals surface area (Å²) in [6, 6.07) is -3.79. The lowest BCUT2D eigenvalue weighted by atomic mass is 9.47. The normalized spacial score (nSPS) is 32.9. The minimum atomic E-state index is -1.67. The molecule has 9 N–H and O–H groups in total. The molecule has 398 valence electrons. The maximum Gasteiger partial charge on any atom is 0.328 e. The van der Waals surface area contributed by atoms with Crippen molar-refractivity contribution in [3.05, 3.63) is 23.5 Å². The summed E-state index contributed by atoms with van der Waals surface area (Å²) in [5, 5.41) is 48.7. The molecule has 0 aromatic carbocycles. The predicted octanol–water partition coefficient (Wildman–Crippen LogP) is 2.45. The molecule has 6 rings (SSSR count). The molecule has 0 radical (unpaired) electrons. The van der Waals surface area contributed by atoms with Crippen molar-refractivity contribution in [3.63, 3.8) is 0 Å².